The van der Waals surface area contributed by atoms with Gasteiger partial charge in [0.15, 0.2) is 0 Å². The molecular formula is C11H15NO2. The molecule has 2 N–H and O–H groups in total. The molecule has 3 rings (SSSR count). The maximum atomic E-state index is 10.6. The summed E-state index contributed by atoms with van der Waals surface area (Å²) < 4.78 is 0. The summed E-state index contributed by atoms with van der Waals surface area (Å²) in [5.74, 6) is 2.90. The Balaban J connectivity index is 2.09. The maximum Gasteiger partial charge on any atom is 0.405 e. The van der Waals surface area contributed by atoms with E-state index in [0.717, 1.165) is 38.5 Å². The minimum Gasteiger partial charge on any atom is -0.465 e. The van der Waals surface area contributed by atoms with Gasteiger partial charge in [0.2, 0.25) is 0 Å². The van der Waals surface area contributed by atoms with Gasteiger partial charge in [0, 0.05) is 11.0 Å². The summed E-state index contributed by atoms with van der Waals surface area (Å²) in [5, 5.41) is 11.4. The molecule has 3 aliphatic carbocycles. The first-order valence-corrected chi connectivity index (χ1v) is 5.09. The first-order chi connectivity index (χ1) is 6.60. The molecule has 0 heterocycles. The Morgan fingerprint density at radius 1 is 1.21 bits per heavy atom. The van der Waals surface area contributed by atoms with E-state index in [9.17, 15) is 4.79 Å². The molecule has 0 aromatic carbocycles. The number of carboxylic acid groups (broad SMARTS) is 1. The van der Waals surface area contributed by atoms with E-state index in [1.807, 2.05) is 0 Å². The van der Waals surface area contributed by atoms with Crippen molar-refractivity contribution < 1.29 is 9.90 Å². The molecule has 0 radical (unpaired) electrons. The quantitative estimate of drug-likeness (QED) is 0.625. The van der Waals surface area contributed by atoms with E-state index in [4.69, 9.17) is 11.5 Å². The van der Waals surface area contributed by atoms with Crippen molar-refractivity contribution in [2.75, 3.05) is 0 Å². The molecule has 3 aliphatic rings. The number of fused-ring (bicyclic) bond motifs is 3. The van der Waals surface area contributed by atoms with Crippen LogP contribution in [0.25, 0.3) is 0 Å². The second-order valence-electron chi connectivity index (χ2n) is 4.64. The Bertz CT molecular complexity index is 278. The SMILES string of the molecule is C#CC12CCC(NC(=O)O)(CC1)CC2. The molecule has 0 atom stereocenters. The van der Waals surface area contributed by atoms with Crippen molar-refractivity contribution in [2.45, 2.75) is 44.1 Å². The lowest BCUT2D eigenvalue weighted by Gasteiger charge is -2.51. The predicted octanol–water partition coefficient (Wildman–Crippen LogP) is 1.98. The van der Waals surface area contributed by atoms with Crippen LogP contribution in [0.1, 0.15) is 38.5 Å². The number of carbonyl (C=O) groups is 1. The molecule has 3 heteroatoms. The Hall–Kier alpha value is -1.17. The minimum absolute atomic E-state index is 0.0853. The Morgan fingerprint density at radius 3 is 2.07 bits per heavy atom. The highest BCUT2D eigenvalue weighted by molar-refractivity contribution is 5.65. The highest BCUT2D eigenvalue weighted by Gasteiger charge is 2.48. The lowest BCUT2D eigenvalue weighted by Crippen LogP contribution is -2.56. The van der Waals surface area contributed by atoms with Crippen LogP contribution >= 0.6 is 0 Å². The number of terminal acetylenes is 1. The molecule has 0 aliphatic heterocycles. The molecule has 0 unspecified atom stereocenters. The summed E-state index contributed by atoms with van der Waals surface area (Å²) in [6.07, 6.45) is 10.3. The van der Waals surface area contributed by atoms with Crippen molar-refractivity contribution in [1.29, 1.82) is 0 Å². The molecule has 14 heavy (non-hydrogen) atoms. The van der Waals surface area contributed by atoms with Crippen molar-refractivity contribution in [3.63, 3.8) is 0 Å². The van der Waals surface area contributed by atoms with E-state index in [-0.39, 0.29) is 11.0 Å². The lowest BCUT2D eigenvalue weighted by molar-refractivity contribution is 0.0630. The van der Waals surface area contributed by atoms with Crippen molar-refractivity contribution in [3.8, 4) is 12.3 Å². The van der Waals surface area contributed by atoms with Gasteiger partial charge in [-0.25, -0.2) is 4.79 Å². The van der Waals surface area contributed by atoms with Gasteiger partial charge >= 0.3 is 6.09 Å². The van der Waals surface area contributed by atoms with E-state index in [0.29, 0.717) is 0 Å². The van der Waals surface area contributed by atoms with Crippen LogP contribution in [0.3, 0.4) is 0 Å². The van der Waals surface area contributed by atoms with Gasteiger partial charge in [-0.2, -0.15) is 0 Å². The molecule has 0 saturated heterocycles. The van der Waals surface area contributed by atoms with E-state index in [1.54, 1.807) is 0 Å². The Kier molecular flexibility index (Phi) is 1.95. The molecule has 1 amide bonds. The minimum atomic E-state index is -0.903. The molecule has 2 bridgehead atoms. The van der Waals surface area contributed by atoms with E-state index >= 15 is 0 Å². The van der Waals surface area contributed by atoms with Gasteiger partial charge in [-0.3, -0.25) is 0 Å². The number of rotatable bonds is 1. The second kappa shape index (κ2) is 2.91. The van der Waals surface area contributed by atoms with Crippen molar-refractivity contribution in [3.05, 3.63) is 0 Å². The topological polar surface area (TPSA) is 49.3 Å². The smallest absolute Gasteiger partial charge is 0.405 e. The summed E-state index contributed by atoms with van der Waals surface area (Å²) in [4.78, 5) is 10.6. The van der Waals surface area contributed by atoms with Gasteiger partial charge in [0.25, 0.3) is 0 Å². The fourth-order valence-corrected chi connectivity index (χ4v) is 2.82. The zero-order chi connectivity index (χ0) is 10.2. The van der Waals surface area contributed by atoms with Gasteiger partial charge in [-0.05, 0) is 38.5 Å². The van der Waals surface area contributed by atoms with Crippen LogP contribution in [0.5, 0.6) is 0 Å². The molecule has 76 valence electrons. The van der Waals surface area contributed by atoms with Crippen molar-refractivity contribution in [2.24, 2.45) is 5.41 Å². The molecule has 0 aromatic rings. The third-order valence-electron chi connectivity index (χ3n) is 3.92. The molecule has 3 fully saturated rings. The average Bonchev–Trinajstić information content (AvgIpc) is 2.19. The highest BCUT2D eigenvalue weighted by Crippen LogP contribution is 2.51. The van der Waals surface area contributed by atoms with Crippen LogP contribution in [0.2, 0.25) is 0 Å². The largest absolute Gasteiger partial charge is 0.465 e. The van der Waals surface area contributed by atoms with Crippen LogP contribution in [-0.2, 0) is 0 Å². The average molecular weight is 193 g/mol. The van der Waals surface area contributed by atoms with Gasteiger partial charge in [-0.15, -0.1) is 6.42 Å². The molecule has 3 saturated carbocycles. The molecule has 3 nitrogen and oxygen atoms in total. The highest BCUT2D eigenvalue weighted by atomic mass is 16.4. The molecule has 0 spiro atoms. The molecular weight excluding hydrogens is 178 g/mol. The standard InChI is InChI=1S/C11H15NO2/c1-2-10-3-6-11(7-4-10,8-5-10)12-9(13)14/h1,12H,3-8H2,(H,13,14). The Morgan fingerprint density at radius 2 is 1.71 bits per heavy atom. The Labute approximate surface area is 83.9 Å². The van der Waals surface area contributed by atoms with Crippen LogP contribution in [0, 0.1) is 17.8 Å². The molecule has 0 aromatic heterocycles. The first kappa shape index (κ1) is 9.39. The van der Waals surface area contributed by atoms with Crippen molar-refractivity contribution >= 4 is 6.09 Å². The van der Waals surface area contributed by atoms with Crippen LogP contribution < -0.4 is 5.32 Å². The fraction of sp³-hybridized carbons (Fsp3) is 0.727. The summed E-state index contributed by atoms with van der Waals surface area (Å²) >= 11 is 0. The van der Waals surface area contributed by atoms with Gasteiger partial charge < -0.3 is 10.4 Å². The summed E-state index contributed by atoms with van der Waals surface area (Å²) in [7, 11) is 0. The van der Waals surface area contributed by atoms with E-state index in [2.05, 4.69) is 11.2 Å². The van der Waals surface area contributed by atoms with Gasteiger partial charge in [-0.1, -0.05) is 5.92 Å². The van der Waals surface area contributed by atoms with Crippen LogP contribution in [0.15, 0.2) is 0 Å². The number of hydrogen-bond acceptors (Lipinski definition) is 1. The summed E-state index contributed by atoms with van der Waals surface area (Å²) in [6.45, 7) is 0. The fourth-order valence-electron chi connectivity index (χ4n) is 2.82. The number of nitrogens with one attached hydrogen (secondary N) is 1. The summed E-state index contributed by atoms with van der Waals surface area (Å²) in [6, 6.07) is 0. The zero-order valence-corrected chi connectivity index (χ0v) is 8.18. The number of amides is 1. The van der Waals surface area contributed by atoms with Crippen molar-refractivity contribution in [1.82, 2.24) is 5.32 Å². The van der Waals surface area contributed by atoms with E-state index in [1.165, 1.54) is 0 Å². The first-order valence-electron chi connectivity index (χ1n) is 5.09. The van der Waals surface area contributed by atoms with Crippen LogP contribution in [0.4, 0.5) is 4.79 Å². The predicted molar refractivity (Wildman–Crippen MR) is 52.9 cm³/mol. The monoisotopic (exact) mass is 193 g/mol. The third-order valence-corrected chi connectivity index (χ3v) is 3.92. The lowest BCUT2D eigenvalue weighted by atomic mass is 9.58. The normalized spacial score (nSPS) is 40.2. The summed E-state index contributed by atoms with van der Waals surface area (Å²) in [5.41, 5.74) is -0.0770. The zero-order valence-electron chi connectivity index (χ0n) is 8.18. The van der Waals surface area contributed by atoms with Gasteiger partial charge in [0.05, 0.1) is 0 Å². The number of hydrogen-bond donors (Lipinski definition) is 2. The van der Waals surface area contributed by atoms with Crippen LogP contribution in [-0.4, -0.2) is 16.7 Å². The van der Waals surface area contributed by atoms with Gasteiger partial charge in [0.1, 0.15) is 0 Å². The third kappa shape index (κ3) is 1.35. The maximum absolute atomic E-state index is 10.6. The second-order valence-corrected chi connectivity index (χ2v) is 4.64. The van der Waals surface area contributed by atoms with E-state index < -0.39 is 6.09 Å².